The average Bonchev–Trinajstić information content (AvgIpc) is 2.66. The minimum atomic E-state index is -0.0937. The number of anilines is 3. The molecule has 0 aliphatic rings. The molecule has 2 aromatic heterocycles. The predicted octanol–water partition coefficient (Wildman–Crippen LogP) is 3.37. The molecule has 0 unspecified atom stereocenters. The van der Waals surface area contributed by atoms with Crippen LogP contribution in [0.5, 0.6) is 0 Å². The van der Waals surface area contributed by atoms with Crippen molar-refractivity contribution in [3.05, 3.63) is 69.7 Å². The minimum absolute atomic E-state index is 0.0937. The molecule has 138 valence electrons. The number of hydrogen-bond donors (Lipinski definition) is 3. The summed E-state index contributed by atoms with van der Waals surface area (Å²) in [4.78, 5) is 24.7. The first-order valence-electron chi connectivity index (χ1n) is 8.39. The van der Waals surface area contributed by atoms with Gasteiger partial charge in [-0.15, -0.1) is 0 Å². The Kier molecular flexibility index (Phi) is 6.53. The second-order valence-corrected chi connectivity index (χ2v) is 7.07. The van der Waals surface area contributed by atoms with Gasteiger partial charge in [-0.25, -0.2) is 15.0 Å². The smallest absolute Gasteiger partial charge is 0.251 e. The fraction of sp³-hybridized carbons (Fsp3) is 0.158. The Morgan fingerprint density at radius 1 is 0.963 bits per heavy atom. The van der Waals surface area contributed by atoms with Crippen LogP contribution >= 0.6 is 22.6 Å². The van der Waals surface area contributed by atoms with Gasteiger partial charge in [-0.05, 0) is 71.5 Å². The van der Waals surface area contributed by atoms with E-state index in [1.807, 2.05) is 43.3 Å². The summed E-state index contributed by atoms with van der Waals surface area (Å²) < 4.78 is 1.10. The van der Waals surface area contributed by atoms with Gasteiger partial charge in [-0.2, -0.15) is 0 Å². The summed E-state index contributed by atoms with van der Waals surface area (Å²) in [6.07, 6.45) is 3.22. The third-order valence-corrected chi connectivity index (χ3v) is 4.38. The van der Waals surface area contributed by atoms with Crippen LogP contribution in [0.25, 0.3) is 0 Å². The number of rotatable bonds is 7. The molecule has 0 spiro atoms. The van der Waals surface area contributed by atoms with E-state index >= 15 is 0 Å². The summed E-state index contributed by atoms with van der Waals surface area (Å²) in [7, 11) is 0. The third kappa shape index (κ3) is 5.88. The van der Waals surface area contributed by atoms with Crippen LogP contribution in [0.1, 0.15) is 15.9 Å². The van der Waals surface area contributed by atoms with Crippen LogP contribution in [-0.4, -0.2) is 33.9 Å². The minimum Gasteiger partial charge on any atom is -0.368 e. The maximum absolute atomic E-state index is 12.1. The second kappa shape index (κ2) is 9.26. The van der Waals surface area contributed by atoms with Crippen molar-refractivity contribution in [2.75, 3.05) is 23.7 Å². The van der Waals surface area contributed by atoms with Gasteiger partial charge in [0.2, 0.25) is 0 Å². The number of benzene rings is 1. The zero-order valence-electron chi connectivity index (χ0n) is 14.7. The number of nitrogens with zero attached hydrogens (tertiary/aromatic N) is 3. The molecule has 3 N–H and O–H groups in total. The highest BCUT2D eigenvalue weighted by Crippen LogP contribution is 2.14. The monoisotopic (exact) mass is 474 g/mol. The van der Waals surface area contributed by atoms with Crippen LogP contribution in [0.3, 0.4) is 0 Å². The van der Waals surface area contributed by atoms with Gasteiger partial charge in [-0.1, -0.05) is 0 Å². The molecule has 27 heavy (non-hydrogen) atoms. The molecule has 0 atom stereocenters. The molecule has 3 aromatic rings. The van der Waals surface area contributed by atoms with Crippen molar-refractivity contribution in [1.82, 2.24) is 20.3 Å². The molecule has 3 rings (SSSR count). The van der Waals surface area contributed by atoms with Crippen molar-refractivity contribution in [3.8, 4) is 0 Å². The highest BCUT2D eigenvalue weighted by atomic mass is 127. The van der Waals surface area contributed by atoms with E-state index in [1.165, 1.54) is 6.33 Å². The molecule has 0 saturated heterocycles. The number of halogens is 1. The van der Waals surface area contributed by atoms with Gasteiger partial charge >= 0.3 is 0 Å². The molecule has 0 aliphatic carbocycles. The zero-order chi connectivity index (χ0) is 19.1. The fourth-order valence-electron chi connectivity index (χ4n) is 2.33. The lowest BCUT2D eigenvalue weighted by Gasteiger charge is -2.09. The number of aryl methyl sites for hydroxylation is 1. The van der Waals surface area contributed by atoms with Crippen molar-refractivity contribution < 1.29 is 4.79 Å². The molecule has 0 aliphatic heterocycles. The standard InChI is InChI=1S/C19H19IN6O/c1-13-6-7-21-17(10-13)26-18-11-16(24-12-25-18)22-8-9-23-19(27)14-2-4-15(20)5-3-14/h2-7,10-12H,8-9H2,1H3,(H,23,27)(H2,21,22,24,25,26). The third-order valence-electron chi connectivity index (χ3n) is 3.66. The van der Waals surface area contributed by atoms with Crippen molar-refractivity contribution in [2.45, 2.75) is 6.92 Å². The Morgan fingerprint density at radius 2 is 1.70 bits per heavy atom. The Hall–Kier alpha value is -2.75. The van der Waals surface area contributed by atoms with E-state index in [2.05, 4.69) is 53.5 Å². The Balaban J connectivity index is 1.48. The van der Waals surface area contributed by atoms with Crippen molar-refractivity contribution >= 4 is 46.0 Å². The number of hydrogen-bond acceptors (Lipinski definition) is 6. The first kappa shape index (κ1) is 19.0. The largest absolute Gasteiger partial charge is 0.368 e. The van der Waals surface area contributed by atoms with Gasteiger partial charge in [0.25, 0.3) is 5.91 Å². The maximum Gasteiger partial charge on any atom is 0.251 e. The maximum atomic E-state index is 12.1. The number of pyridine rings is 1. The lowest BCUT2D eigenvalue weighted by Crippen LogP contribution is -2.28. The summed E-state index contributed by atoms with van der Waals surface area (Å²) in [5.41, 5.74) is 1.76. The number of amides is 1. The van der Waals surface area contributed by atoms with Gasteiger partial charge in [0.05, 0.1) is 0 Å². The second-order valence-electron chi connectivity index (χ2n) is 5.82. The molecular formula is C19H19IN6O. The van der Waals surface area contributed by atoms with Crippen LogP contribution in [0.15, 0.2) is 55.0 Å². The topological polar surface area (TPSA) is 91.8 Å². The Labute approximate surface area is 171 Å². The molecule has 0 radical (unpaired) electrons. The van der Waals surface area contributed by atoms with Gasteiger partial charge in [-0.3, -0.25) is 4.79 Å². The first-order valence-corrected chi connectivity index (χ1v) is 9.47. The highest BCUT2D eigenvalue weighted by Gasteiger charge is 2.04. The van der Waals surface area contributed by atoms with Gasteiger partial charge < -0.3 is 16.0 Å². The van der Waals surface area contributed by atoms with E-state index in [-0.39, 0.29) is 5.91 Å². The summed E-state index contributed by atoms with van der Waals surface area (Å²) in [5.74, 6) is 1.95. The van der Waals surface area contributed by atoms with E-state index in [1.54, 1.807) is 12.3 Å². The molecule has 8 heteroatoms. The molecule has 0 fully saturated rings. The van der Waals surface area contributed by atoms with E-state index in [9.17, 15) is 4.79 Å². The summed E-state index contributed by atoms with van der Waals surface area (Å²) >= 11 is 2.21. The number of carbonyl (C=O) groups is 1. The van der Waals surface area contributed by atoms with Crippen molar-refractivity contribution in [1.29, 1.82) is 0 Å². The molecule has 0 bridgehead atoms. The molecular weight excluding hydrogens is 455 g/mol. The fourth-order valence-corrected chi connectivity index (χ4v) is 2.69. The molecule has 1 aromatic carbocycles. The average molecular weight is 474 g/mol. The SMILES string of the molecule is Cc1ccnc(Nc2cc(NCCNC(=O)c3ccc(I)cc3)ncn2)c1. The van der Waals surface area contributed by atoms with Crippen molar-refractivity contribution in [2.24, 2.45) is 0 Å². The van der Waals surface area contributed by atoms with Crippen LogP contribution < -0.4 is 16.0 Å². The zero-order valence-corrected chi connectivity index (χ0v) is 16.9. The number of aromatic nitrogens is 3. The molecule has 2 heterocycles. The number of carbonyl (C=O) groups excluding carboxylic acids is 1. The van der Waals surface area contributed by atoms with Gasteiger partial charge in [0, 0.05) is 34.5 Å². The molecule has 1 amide bonds. The van der Waals surface area contributed by atoms with Crippen molar-refractivity contribution in [3.63, 3.8) is 0 Å². The Bertz CT molecular complexity index is 916. The number of nitrogens with one attached hydrogen (secondary N) is 3. The van der Waals surface area contributed by atoms with Crippen LogP contribution in [0, 0.1) is 10.5 Å². The van der Waals surface area contributed by atoms with Crippen LogP contribution in [0.2, 0.25) is 0 Å². The summed E-state index contributed by atoms with van der Waals surface area (Å²) in [6, 6.07) is 13.1. The Morgan fingerprint density at radius 3 is 2.48 bits per heavy atom. The summed E-state index contributed by atoms with van der Waals surface area (Å²) in [6.45, 7) is 3.04. The van der Waals surface area contributed by atoms with Crippen LogP contribution in [-0.2, 0) is 0 Å². The first-order chi connectivity index (χ1) is 13.1. The van der Waals surface area contributed by atoms with E-state index in [0.29, 0.717) is 30.3 Å². The lowest BCUT2D eigenvalue weighted by atomic mass is 10.2. The lowest BCUT2D eigenvalue weighted by molar-refractivity contribution is 0.0955. The predicted molar refractivity (Wildman–Crippen MR) is 114 cm³/mol. The molecule has 7 nitrogen and oxygen atoms in total. The normalized spacial score (nSPS) is 10.3. The van der Waals surface area contributed by atoms with E-state index in [4.69, 9.17) is 0 Å². The van der Waals surface area contributed by atoms with Crippen LogP contribution in [0.4, 0.5) is 17.5 Å². The summed E-state index contributed by atoms with van der Waals surface area (Å²) in [5, 5.41) is 9.19. The van der Waals surface area contributed by atoms with Gasteiger partial charge in [0.1, 0.15) is 23.8 Å². The van der Waals surface area contributed by atoms with E-state index < -0.39 is 0 Å². The quantitative estimate of drug-likeness (QED) is 0.360. The molecule has 0 saturated carbocycles. The highest BCUT2D eigenvalue weighted by molar-refractivity contribution is 14.1. The van der Waals surface area contributed by atoms with E-state index in [0.717, 1.165) is 15.0 Å². The van der Waals surface area contributed by atoms with Gasteiger partial charge in [0.15, 0.2) is 0 Å².